The Balaban J connectivity index is 1.76. The van der Waals surface area contributed by atoms with Crippen LogP contribution in [0.5, 0.6) is 0 Å². The number of β-amino-alcohol motifs (C(OH)–C–C–N with tert-alkyl or cyclic N) is 1. The Morgan fingerprint density at radius 3 is 2.36 bits per heavy atom. The number of aliphatic hydroxyl groups excluding tert-OH is 1. The summed E-state index contributed by atoms with van der Waals surface area (Å²) in [5, 5.41) is 10.4. The van der Waals surface area contributed by atoms with E-state index in [2.05, 4.69) is 39.5 Å². The normalized spacial score (nSPS) is 37.9. The highest BCUT2D eigenvalue weighted by Crippen LogP contribution is 2.39. The summed E-state index contributed by atoms with van der Waals surface area (Å²) >= 11 is 0. The highest BCUT2D eigenvalue weighted by molar-refractivity contribution is 4.84. The van der Waals surface area contributed by atoms with Gasteiger partial charge in [-0.3, -0.25) is 4.90 Å². The quantitative estimate of drug-likeness (QED) is 0.837. The van der Waals surface area contributed by atoms with Crippen LogP contribution in [0.4, 0.5) is 0 Å². The molecule has 0 bridgehead atoms. The number of aliphatic hydroxyl groups is 1. The molecular formula is C19H37NO2. The van der Waals surface area contributed by atoms with Gasteiger partial charge in [-0.2, -0.15) is 0 Å². The number of nitrogens with zero attached hydrogens (tertiary/aromatic N) is 1. The number of rotatable bonds is 5. The SMILES string of the molecule is C[C@@H]1C[C@H](OC[C@H](O)CN2[C@H](C)CCC[C@H]2C)CC(C)(C)C1. The van der Waals surface area contributed by atoms with Crippen LogP contribution in [0.15, 0.2) is 0 Å². The molecule has 0 aromatic carbocycles. The molecule has 130 valence electrons. The van der Waals surface area contributed by atoms with Gasteiger partial charge < -0.3 is 9.84 Å². The van der Waals surface area contributed by atoms with Gasteiger partial charge >= 0.3 is 0 Å². The van der Waals surface area contributed by atoms with Crippen molar-refractivity contribution in [3.05, 3.63) is 0 Å². The summed E-state index contributed by atoms with van der Waals surface area (Å²) in [7, 11) is 0. The molecular weight excluding hydrogens is 274 g/mol. The van der Waals surface area contributed by atoms with E-state index < -0.39 is 0 Å². The minimum atomic E-state index is -0.358. The largest absolute Gasteiger partial charge is 0.389 e. The van der Waals surface area contributed by atoms with Crippen molar-refractivity contribution in [2.45, 2.75) is 97.4 Å². The van der Waals surface area contributed by atoms with Crippen LogP contribution in [0.25, 0.3) is 0 Å². The Bertz CT molecular complexity index is 334. The van der Waals surface area contributed by atoms with Crippen molar-refractivity contribution in [3.63, 3.8) is 0 Å². The van der Waals surface area contributed by atoms with Crippen LogP contribution in [0.3, 0.4) is 0 Å². The predicted molar refractivity (Wildman–Crippen MR) is 92.0 cm³/mol. The lowest BCUT2D eigenvalue weighted by Crippen LogP contribution is -2.48. The average molecular weight is 312 g/mol. The topological polar surface area (TPSA) is 32.7 Å². The zero-order valence-electron chi connectivity index (χ0n) is 15.3. The summed E-state index contributed by atoms with van der Waals surface area (Å²) in [4.78, 5) is 2.46. The summed E-state index contributed by atoms with van der Waals surface area (Å²) in [6, 6.07) is 1.18. The van der Waals surface area contributed by atoms with E-state index in [1.54, 1.807) is 0 Å². The molecule has 1 N–H and O–H groups in total. The van der Waals surface area contributed by atoms with Crippen molar-refractivity contribution in [2.75, 3.05) is 13.2 Å². The maximum atomic E-state index is 10.4. The van der Waals surface area contributed by atoms with E-state index in [0.717, 1.165) is 25.3 Å². The van der Waals surface area contributed by atoms with E-state index >= 15 is 0 Å². The first-order valence-electron chi connectivity index (χ1n) is 9.32. The highest BCUT2D eigenvalue weighted by atomic mass is 16.5. The maximum absolute atomic E-state index is 10.4. The first kappa shape index (κ1) is 18.2. The molecule has 1 saturated carbocycles. The van der Waals surface area contributed by atoms with E-state index in [-0.39, 0.29) is 6.10 Å². The van der Waals surface area contributed by atoms with E-state index in [1.165, 1.54) is 25.7 Å². The predicted octanol–water partition coefficient (Wildman–Crippen LogP) is 3.84. The molecule has 1 saturated heterocycles. The monoisotopic (exact) mass is 311 g/mol. The third-order valence-corrected chi connectivity index (χ3v) is 5.67. The number of piperidine rings is 1. The molecule has 2 aliphatic rings. The fourth-order valence-electron chi connectivity index (χ4n) is 4.76. The van der Waals surface area contributed by atoms with Crippen LogP contribution < -0.4 is 0 Å². The number of hydrogen-bond donors (Lipinski definition) is 1. The van der Waals surface area contributed by atoms with Gasteiger partial charge in [0.05, 0.1) is 18.8 Å². The van der Waals surface area contributed by atoms with Gasteiger partial charge in [0.1, 0.15) is 0 Å². The fraction of sp³-hybridized carbons (Fsp3) is 1.00. The minimum Gasteiger partial charge on any atom is -0.389 e. The molecule has 0 radical (unpaired) electrons. The third kappa shape index (κ3) is 5.21. The lowest BCUT2D eigenvalue weighted by atomic mass is 9.71. The Hall–Kier alpha value is -0.120. The molecule has 0 aromatic rings. The Morgan fingerprint density at radius 2 is 1.77 bits per heavy atom. The molecule has 2 rings (SSSR count). The second kappa shape index (κ2) is 7.63. The Labute approximate surface area is 137 Å². The number of ether oxygens (including phenoxy) is 1. The standard InChI is InChI=1S/C19H37NO2/c1-14-9-18(11-19(4,5)10-14)22-13-17(21)12-20-15(2)7-6-8-16(20)3/h14-18,21H,6-13H2,1-5H3/t14-,15-,16-,17-,18+/m1/s1. The summed E-state index contributed by atoms with van der Waals surface area (Å²) in [6.07, 6.45) is 7.36. The van der Waals surface area contributed by atoms with Crippen LogP contribution in [0, 0.1) is 11.3 Å². The first-order chi connectivity index (χ1) is 10.3. The maximum Gasteiger partial charge on any atom is 0.0900 e. The molecule has 0 spiro atoms. The highest BCUT2D eigenvalue weighted by Gasteiger charge is 2.33. The molecule has 1 aliphatic carbocycles. The molecule has 1 aliphatic heterocycles. The van der Waals surface area contributed by atoms with Gasteiger partial charge in [-0.25, -0.2) is 0 Å². The van der Waals surface area contributed by atoms with Crippen molar-refractivity contribution in [2.24, 2.45) is 11.3 Å². The lowest BCUT2D eigenvalue weighted by molar-refractivity contribution is -0.0680. The molecule has 0 amide bonds. The Morgan fingerprint density at radius 1 is 1.14 bits per heavy atom. The summed E-state index contributed by atoms with van der Waals surface area (Å²) in [5.41, 5.74) is 0.378. The molecule has 3 heteroatoms. The van der Waals surface area contributed by atoms with Crippen molar-refractivity contribution < 1.29 is 9.84 Å². The molecule has 0 unspecified atom stereocenters. The zero-order chi connectivity index (χ0) is 16.3. The van der Waals surface area contributed by atoms with Gasteiger partial charge in [0.25, 0.3) is 0 Å². The minimum absolute atomic E-state index is 0.324. The molecule has 3 nitrogen and oxygen atoms in total. The summed E-state index contributed by atoms with van der Waals surface area (Å²) < 4.78 is 6.09. The number of hydrogen-bond acceptors (Lipinski definition) is 3. The fourth-order valence-corrected chi connectivity index (χ4v) is 4.76. The summed E-state index contributed by atoms with van der Waals surface area (Å²) in [5.74, 6) is 0.730. The van der Waals surface area contributed by atoms with Crippen LogP contribution in [0.1, 0.15) is 73.1 Å². The number of likely N-dealkylation sites (tertiary alicyclic amines) is 1. The lowest BCUT2D eigenvalue weighted by Gasteiger charge is -2.41. The molecule has 1 heterocycles. The molecule has 0 aromatic heterocycles. The van der Waals surface area contributed by atoms with Crippen molar-refractivity contribution >= 4 is 0 Å². The Kier molecular flexibility index (Phi) is 6.32. The third-order valence-electron chi connectivity index (χ3n) is 5.67. The van der Waals surface area contributed by atoms with E-state index in [0.29, 0.717) is 30.2 Å². The van der Waals surface area contributed by atoms with Crippen LogP contribution in [-0.2, 0) is 4.74 Å². The average Bonchev–Trinajstić information content (AvgIpc) is 2.38. The zero-order valence-corrected chi connectivity index (χ0v) is 15.3. The van der Waals surface area contributed by atoms with Gasteiger partial charge in [-0.15, -0.1) is 0 Å². The molecule has 22 heavy (non-hydrogen) atoms. The van der Waals surface area contributed by atoms with Gasteiger partial charge in [0.15, 0.2) is 0 Å². The molecule has 5 atom stereocenters. The second-order valence-electron chi connectivity index (χ2n) is 8.85. The smallest absolute Gasteiger partial charge is 0.0900 e. The van der Waals surface area contributed by atoms with E-state index in [9.17, 15) is 5.11 Å². The molecule has 2 fully saturated rings. The van der Waals surface area contributed by atoms with Crippen LogP contribution in [0.2, 0.25) is 0 Å². The first-order valence-corrected chi connectivity index (χ1v) is 9.32. The van der Waals surface area contributed by atoms with Crippen molar-refractivity contribution in [1.82, 2.24) is 4.90 Å². The van der Waals surface area contributed by atoms with Crippen LogP contribution >= 0.6 is 0 Å². The van der Waals surface area contributed by atoms with Crippen molar-refractivity contribution in [3.8, 4) is 0 Å². The van der Waals surface area contributed by atoms with Gasteiger partial charge in [-0.05, 0) is 57.3 Å². The van der Waals surface area contributed by atoms with Crippen LogP contribution in [-0.4, -0.2) is 47.4 Å². The second-order valence-corrected chi connectivity index (χ2v) is 8.85. The van der Waals surface area contributed by atoms with Crippen molar-refractivity contribution in [1.29, 1.82) is 0 Å². The van der Waals surface area contributed by atoms with E-state index in [4.69, 9.17) is 4.74 Å². The van der Waals surface area contributed by atoms with E-state index in [1.807, 2.05) is 0 Å². The van der Waals surface area contributed by atoms with Gasteiger partial charge in [0, 0.05) is 18.6 Å². The van der Waals surface area contributed by atoms with Gasteiger partial charge in [0.2, 0.25) is 0 Å². The summed E-state index contributed by atoms with van der Waals surface area (Å²) in [6.45, 7) is 12.8. The van der Waals surface area contributed by atoms with Gasteiger partial charge in [-0.1, -0.05) is 27.2 Å².